The van der Waals surface area contributed by atoms with Crippen molar-refractivity contribution in [2.75, 3.05) is 19.6 Å². The molecule has 1 amide bonds. The number of likely N-dealkylation sites (tertiary alicyclic amines) is 1. The number of aromatic nitrogens is 1. The van der Waals surface area contributed by atoms with Crippen molar-refractivity contribution in [3.63, 3.8) is 0 Å². The summed E-state index contributed by atoms with van der Waals surface area (Å²) in [5.74, 6) is 0.835. The Morgan fingerprint density at radius 3 is 3.17 bits per heavy atom. The molecule has 1 fully saturated rings. The van der Waals surface area contributed by atoms with Crippen LogP contribution in [0.1, 0.15) is 37.2 Å². The summed E-state index contributed by atoms with van der Waals surface area (Å²) in [6.45, 7) is 6.87. The topological polar surface area (TPSA) is 58.4 Å². The van der Waals surface area contributed by atoms with Crippen molar-refractivity contribution in [3.05, 3.63) is 18.0 Å². The highest BCUT2D eigenvalue weighted by Gasteiger charge is 2.26. The zero-order valence-corrected chi connectivity index (χ0v) is 11.1. The normalized spacial score (nSPS) is 20.4. The lowest BCUT2D eigenvalue weighted by Crippen LogP contribution is -2.43. The lowest BCUT2D eigenvalue weighted by molar-refractivity contribution is 0.0630. The van der Waals surface area contributed by atoms with Crippen molar-refractivity contribution in [2.45, 2.75) is 32.7 Å². The molecule has 5 nitrogen and oxygen atoms in total. The van der Waals surface area contributed by atoms with Crippen molar-refractivity contribution in [1.82, 2.24) is 15.4 Å². The van der Waals surface area contributed by atoms with Gasteiger partial charge in [0.15, 0.2) is 0 Å². The Morgan fingerprint density at radius 2 is 2.50 bits per heavy atom. The Morgan fingerprint density at radius 1 is 1.67 bits per heavy atom. The summed E-state index contributed by atoms with van der Waals surface area (Å²) < 4.78 is 4.93. The van der Waals surface area contributed by atoms with Crippen molar-refractivity contribution < 1.29 is 9.32 Å². The Kier molecular flexibility index (Phi) is 4.36. The predicted molar refractivity (Wildman–Crippen MR) is 68.3 cm³/mol. The number of nitrogens with zero attached hydrogens (tertiary/aromatic N) is 2. The molecule has 0 bridgehead atoms. The summed E-state index contributed by atoms with van der Waals surface area (Å²) in [5.41, 5.74) is 0. The maximum atomic E-state index is 12.1. The molecule has 1 N–H and O–H groups in total. The maximum absolute atomic E-state index is 12.1. The quantitative estimate of drug-likeness (QED) is 0.881. The largest absolute Gasteiger partial charge is 0.351 e. The van der Waals surface area contributed by atoms with Crippen molar-refractivity contribution in [3.8, 4) is 0 Å². The number of carbonyl (C=O) groups excluding carboxylic acids is 1. The number of hydrogen-bond donors (Lipinski definition) is 1. The Hall–Kier alpha value is -1.36. The summed E-state index contributed by atoms with van der Waals surface area (Å²) in [5, 5.41) is 7.02. The first-order chi connectivity index (χ1) is 8.66. The van der Waals surface area contributed by atoms with Crippen LogP contribution < -0.4 is 5.32 Å². The zero-order chi connectivity index (χ0) is 13.0. The van der Waals surface area contributed by atoms with E-state index in [0.29, 0.717) is 17.7 Å². The smallest absolute Gasteiger partial charge is 0.292 e. The minimum atomic E-state index is -0.0400. The summed E-state index contributed by atoms with van der Waals surface area (Å²) in [6, 6.07) is 2.11. The van der Waals surface area contributed by atoms with E-state index in [0.717, 1.165) is 26.1 Å². The third-order valence-electron chi connectivity index (χ3n) is 3.27. The van der Waals surface area contributed by atoms with E-state index in [4.69, 9.17) is 4.52 Å². The van der Waals surface area contributed by atoms with Gasteiger partial charge in [-0.25, -0.2) is 0 Å². The molecule has 1 aromatic rings. The van der Waals surface area contributed by atoms with Gasteiger partial charge in [-0.3, -0.25) is 4.79 Å². The van der Waals surface area contributed by atoms with Gasteiger partial charge in [-0.1, -0.05) is 19.0 Å². The lowest BCUT2D eigenvalue weighted by atomic mass is 9.97. The molecule has 1 saturated heterocycles. The first-order valence-electron chi connectivity index (χ1n) is 6.60. The van der Waals surface area contributed by atoms with E-state index in [1.165, 1.54) is 12.6 Å². The minimum absolute atomic E-state index is 0.0400. The fourth-order valence-corrected chi connectivity index (χ4v) is 2.30. The average molecular weight is 251 g/mol. The Bertz CT molecular complexity index is 376. The van der Waals surface area contributed by atoms with Crippen LogP contribution in [-0.2, 0) is 0 Å². The fraction of sp³-hybridized carbons (Fsp3) is 0.692. The third kappa shape index (κ3) is 3.32. The second kappa shape index (κ2) is 6.00. The highest BCUT2D eigenvalue weighted by molar-refractivity contribution is 5.91. The summed E-state index contributed by atoms with van der Waals surface area (Å²) in [6.07, 6.45) is 3.75. The van der Waals surface area contributed by atoms with Gasteiger partial charge in [0.1, 0.15) is 0 Å². The van der Waals surface area contributed by atoms with Crippen molar-refractivity contribution in [2.24, 2.45) is 5.92 Å². The molecule has 1 aliphatic rings. The van der Waals surface area contributed by atoms with Gasteiger partial charge in [-0.05, 0) is 25.3 Å². The molecule has 0 aromatic carbocycles. The molecule has 5 heteroatoms. The summed E-state index contributed by atoms with van der Waals surface area (Å²) in [4.78, 5) is 14.0. The van der Waals surface area contributed by atoms with Crippen LogP contribution in [0.5, 0.6) is 0 Å². The van der Waals surface area contributed by atoms with Gasteiger partial charge in [-0.2, -0.15) is 0 Å². The number of piperidine rings is 1. The minimum Gasteiger partial charge on any atom is -0.351 e. The molecule has 18 heavy (non-hydrogen) atoms. The van der Waals surface area contributed by atoms with Crippen LogP contribution in [0.25, 0.3) is 0 Å². The van der Waals surface area contributed by atoms with Crippen LogP contribution in [0.15, 0.2) is 16.8 Å². The molecule has 0 spiro atoms. The second-order valence-corrected chi connectivity index (χ2v) is 5.20. The zero-order valence-electron chi connectivity index (χ0n) is 11.1. The van der Waals surface area contributed by atoms with E-state index < -0.39 is 0 Å². The van der Waals surface area contributed by atoms with E-state index in [1.54, 1.807) is 6.07 Å². The maximum Gasteiger partial charge on any atom is 0.292 e. The molecule has 1 aromatic heterocycles. The van der Waals surface area contributed by atoms with Gasteiger partial charge >= 0.3 is 0 Å². The number of hydrogen-bond acceptors (Lipinski definition) is 4. The van der Waals surface area contributed by atoms with E-state index in [-0.39, 0.29) is 5.91 Å². The van der Waals surface area contributed by atoms with E-state index >= 15 is 0 Å². The highest BCUT2D eigenvalue weighted by atomic mass is 16.5. The van der Waals surface area contributed by atoms with Crippen LogP contribution in [0, 0.1) is 5.92 Å². The number of rotatable bonds is 4. The Labute approximate surface area is 108 Å². The van der Waals surface area contributed by atoms with Crippen molar-refractivity contribution in [1.29, 1.82) is 0 Å². The summed E-state index contributed by atoms with van der Waals surface area (Å²) >= 11 is 0. The van der Waals surface area contributed by atoms with Crippen LogP contribution in [0.2, 0.25) is 0 Å². The van der Waals surface area contributed by atoms with Gasteiger partial charge in [0.2, 0.25) is 5.76 Å². The predicted octanol–water partition coefficient (Wildman–Crippen LogP) is 1.52. The molecule has 1 aliphatic heterocycles. The van der Waals surface area contributed by atoms with Gasteiger partial charge in [0, 0.05) is 25.2 Å². The summed E-state index contributed by atoms with van der Waals surface area (Å²) in [7, 11) is 0. The molecule has 0 radical (unpaired) electrons. The van der Waals surface area contributed by atoms with E-state index in [2.05, 4.69) is 24.3 Å². The van der Waals surface area contributed by atoms with Crippen LogP contribution in [0.3, 0.4) is 0 Å². The molecule has 0 aliphatic carbocycles. The molecular weight excluding hydrogens is 230 g/mol. The standard InChI is InChI=1S/C13H21N3O2/c1-10(2)14-8-11-4-3-7-16(9-11)13(17)12-5-6-15-18-12/h5-6,10-11,14H,3-4,7-9H2,1-2H3. The van der Waals surface area contributed by atoms with Crippen molar-refractivity contribution >= 4 is 5.91 Å². The van der Waals surface area contributed by atoms with Crippen LogP contribution in [-0.4, -0.2) is 41.6 Å². The molecule has 100 valence electrons. The molecule has 1 atom stereocenters. The number of carbonyl (C=O) groups is 1. The monoisotopic (exact) mass is 251 g/mol. The van der Waals surface area contributed by atoms with E-state index in [1.807, 2.05) is 4.90 Å². The van der Waals surface area contributed by atoms with Gasteiger partial charge in [-0.15, -0.1) is 0 Å². The first kappa shape index (κ1) is 13.1. The SMILES string of the molecule is CC(C)NCC1CCCN(C(=O)c2ccno2)C1. The highest BCUT2D eigenvalue weighted by Crippen LogP contribution is 2.18. The van der Waals surface area contributed by atoms with Crippen LogP contribution >= 0.6 is 0 Å². The van der Waals surface area contributed by atoms with E-state index in [9.17, 15) is 4.79 Å². The van der Waals surface area contributed by atoms with Gasteiger partial charge < -0.3 is 14.7 Å². The second-order valence-electron chi connectivity index (χ2n) is 5.20. The number of amides is 1. The van der Waals surface area contributed by atoms with Crippen LogP contribution in [0.4, 0.5) is 0 Å². The number of nitrogens with one attached hydrogen (secondary N) is 1. The molecule has 2 heterocycles. The first-order valence-corrected chi connectivity index (χ1v) is 6.60. The molecule has 0 saturated carbocycles. The Balaban J connectivity index is 1.88. The lowest BCUT2D eigenvalue weighted by Gasteiger charge is -2.32. The molecule has 1 unspecified atom stereocenters. The molecule has 2 rings (SSSR count). The molecular formula is C13H21N3O2. The average Bonchev–Trinajstić information content (AvgIpc) is 2.89. The van der Waals surface area contributed by atoms with Gasteiger partial charge in [0.05, 0.1) is 6.20 Å². The fourth-order valence-electron chi connectivity index (χ4n) is 2.30. The third-order valence-corrected chi connectivity index (χ3v) is 3.27. The van der Waals surface area contributed by atoms with Gasteiger partial charge in [0.25, 0.3) is 5.91 Å².